The molecule has 2 aromatic heterocycles. The molecule has 7 nitrogen and oxygen atoms in total. The van der Waals surface area contributed by atoms with Crippen LogP contribution in [0.3, 0.4) is 0 Å². The number of aromatic nitrogens is 3. The average Bonchev–Trinajstić information content (AvgIpc) is 2.60. The summed E-state index contributed by atoms with van der Waals surface area (Å²) >= 11 is 6.13. The Kier molecular flexibility index (Phi) is 5.27. The van der Waals surface area contributed by atoms with Gasteiger partial charge in [0.05, 0.1) is 16.5 Å². The fraction of sp³-hybridized carbons (Fsp3) is 0.250. The van der Waals surface area contributed by atoms with E-state index in [1.165, 1.54) is 6.33 Å². The Labute approximate surface area is 167 Å². The Morgan fingerprint density at radius 2 is 2.11 bits per heavy atom. The summed E-state index contributed by atoms with van der Waals surface area (Å²) in [5, 5.41) is 14.6. The van der Waals surface area contributed by atoms with E-state index in [0.717, 1.165) is 5.39 Å². The maximum atomic E-state index is 12.4. The second kappa shape index (κ2) is 7.50. The number of hydrogen-bond donors (Lipinski definition) is 4. The van der Waals surface area contributed by atoms with Gasteiger partial charge in [0.1, 0.15) is 29.1 Å². The summed E-state index contributed by atoms with van der Waals surface area (Å²) in [5.74, 6) is 6.13. The quantitative estimate of drug-likeness (QED) is 0.505. The number of nitrogens with zero attached hydrogens (tertiary/aromatic N) is 2. The van der Waals surface area contributed by atoms with Crippen molar-refractivity contribution in [2.24, 2.45) is 0 Å². The topological polar surface area (TPSA) is 117 Å². The lowest BCUT2D eigenvalue weighted by Gasteiger charge is -2.17. The molecule has 0 bridgehead atoms. The first kappa shape index (κ1) is 19.7. The van der Waals surface area contributed by atoms with Crippen molar-refractivity contribution in [2.75, 3.05) is 11.1 Å². The molecule has 5 N–H and O–H groups in total. The van der Waals surface area contributed by atoms with Crippen molar-refractivity contribution in [3.05, 3.63) is 57.2 Å². The van der Waals surface area contributed by atoms with Crippen molar-refractivity contribution >= 4 is 34.0 Å². The van der Waals surface area contributed by atoms with Crippen LogP contribution in [0, 0.1) is 11.8 Å². The van der Waals surface area contributed by atoms with Crippen molar-refractivity contribution in [2.45, 2.75) is 32.4 Å². The number of fused-ring (bicyclic) bond motifs is 1. The van der Waals surface area contributed by atoms with E-state index in [2.05, 4.69) is 32.1 Å². The average molecular weight is 398 g/mol. The number of hydrogen-bond acceptors (Lipinski definition) is 6. The molecule has 0 aliphatic carbocycles. The molecule has 8 heteroatoms. The van der Waals surface area contributed by atoms with Crippen molar-refractivity contribution in [3.8, 4) is 11.8 Å². The van der Waals surface area contributed by atoms with Crippen molar-refractivity contribution in [1.29, 1.82) is 0 Å². The van der Waals surface area contributed by atoms with E-state index in [4.69, 9.17) is 17.3 Å². The van der Waals surface area contributed by atoms with Gasteiger partial charge in [0.25, 0.3) is 5.56 Å². The molecule has 3 aromatic rings. The largest absolute Gasteiger partial charge is 0.382 e. The molecule has 0 saturated heterocycles. The molecule has 2 heterocycles. The minimum Gasteiger partial charge on any atom is -0.382 e. The van der Waals surface area contributed by atoms with Gasteiger partial charge in [-0.05, 0) is 38.3 Å². The van der Waals surface area contributed by atoms with Crippen molar-refractivity contribution < 1.29 is 5.11 Å². The molecule has 0 unspecified atom stereocenters. The minimum atomic E-state index is -1.19. The molecular weight excluding hydrogens is 378 g/mol. The molecule has 0 aliphatic heterocycles. The first-order valence-electron chi connectivity index (χ1n) is 8.60. The van der Waals surface area contributed by atoms with Gasteiger partial charge in [-0.3, -0.25) is 4.79 Å². The smallest absolute Gasteiger partial charge is 0.257 e. The molecule has 1 atom stereocenters. The van der Waals surface area contributed by atoms with E-state index in [1.807, 2.05) is 19.1 Å². The molecule has 0 saturated carbocycles. The summed E-state index contributed by atoms with van der Waals surface area (Å²) < 4.78 is 0. The second-order valence-electron chi connectivity index (χ2n) is 6.92. The van der Waals surface area contributed by atoms with E-state index >= 15 is 0 Å². The third-order valence-corrected chi connectivity index (χ3v) is 4.35. The van der Waals surface area contributed by atoms with Crippen LogP contribution >= 0.6 is 11.6 Å². The summed E-state index contributed by atoms with van der Waals surface area (Å²) in [5.41, 5.74) is 5.51. The fourth-order valence-electron chi connectivity index (χ4n) is 2.66. The van der Waals surface area contributed by atoms with Crippen LogP contribution in [0.25, 0.3) is 10.8 Å². The zero-order chi connectivity index (χ0) is 20.5. The number of pyridine rings is 1. The highest BCUT2D eigenvalue weighted by Crippen LogP contribution is 2.25. The standard InChI is InChI=1S/C20H20ClN5O2/c1-11(15-9-12-5-4-6-14(21)16(12)19(27)26-15)25-18-13(7-8-20(2,3)28)17(22)23-10-24-18/h4-6,9-11,28H,1-3H3,(H,26,27)(H3,22,23,24,25)/t11-/m0/s1. The van der Waals surface area contributed by atoms with Crippen LogP contribution in [0.4, 0.5) is 11.6 Å². The number of aromatic amines is 1. The number of benzene rings is 1. The number of aliphatic hydroxyl groups is 1. The number of H-pyrrole nitrogens is 1. The van der Waals surface area contributed by atoms with Crippen LogP contribution in [0.15, 0.2) is 35.4 Å². The van der Waals surface area contributed by atoms with Gasteiger partial charge in [0.2, 0.25) is 0 Å². The monoisotopic (exact) mass is 397 g/mol. The predicted molar refractivity (Wildman–Crippen MR) is 111 cm³/mol. The number of nitrogens with one attached hydrogen (secondary N) is 2. The number of halogens is 1. The molecule has 0 aliphatic rings. The molecular formula is C20H20ClN5O2. The SMILES string of the molecule is C[C@H](Nc1ncnc(N)c1C#CC(C)(C)O)c1cc2cccc(Cl)c2c(=O)[nH]1. The van der Waals surface area contributed by atoms with Crippen LogP contribution in [-0.4, -0.2) is 25.7 Å². The Balaban J connectivity index is 1.99. The molecule has 0 fully saturated rings. The Bertz CT molecular complexity index is 1160. The fourth-order valence-corrected chi connectivity index (χ4v) is 2.93. The van der Waals surface area contributed by atoms with Crippen LogP contribution in [0.2, 0.25) is 5.02 Å². The van der Waals surface area contributed by atoms with Crippen LogP contribution < -0.4 is 16.6 Å². The normalized spacial score (nSPS) is 12.3. The lowest BCUT2D eigenvalue weighted by atomic mass is 10.1. The van der Waals surface area contributed by atoms with Gasteiger partial charge < -0.3 is 21.1 Å². The predicted octanol–water partition coefficient (Wildman–Crippen LogP) is 2.85. The van der Waals surface area contributed by atoms with Gasteiger partial charge in [0, 0.05) is 5.69 Å². The summed E-state index contributed by atoms with van der Waals surface area (Å²) in [4.78, 5) is 23.5. The maximum absolute atomic E-state index is 12.4. The zero-order valence-electron chi connectivity index (χ0n) is 15.7. The first-order chi connectivity index (χ1) is 13.2. The van der Waals surface area contributed by atoms with Crippen molar-refractivity contribution in [3.63, 3.8) is 0 Å². The summed E-state index contributed by atoms with van der Waals surface area (Å²) in [6, 6.07) is 6.84. The number of nitrogens with two attached hydrogens (primary N) is 1. The van der Waals surface area contributed by atoms with E-state index in [-0.39, 0.29) is 17.4 Å². The Hall–Kier alpha value is -3.08. The summed E-state index contributed by atoms with van der Waals surface area (Å²) in [6.07, 6.45) is 1.32. The highest BCUT2D eigenvalue weighted by molar-refractivity contribution is 6.35. The molecule has 3 rings (SSSR count). The van der Waals surface area contributed by atoms with Gasteiger partial charge in [-0.2, -0.15) is 0 Å². The van der Waals surface area contributed by atoms with Crippen LogP contribution in [0.5, 0.6) is 0 Å². The molecule has 0 spiro atoms. The van der Waals surface area contributed by atoms with E-state index in [1.54, 1.807) is 26.0 Å². The third-order valence-electron chi connectivity index (χ3n) is 4.03. The first-order valence-corrected chi connectivity index (χ1v) is 8.97. The molecule has 0 radical (unpaired) electrons. The van der Waals surface area contributed by atoms with Crippen LogP contribution in [0.1, 0.15) is 38.1 Å². The highest BCUT2D eigenvalue weighted by atomic mass is 35.5. The zero-order valence-corrected chi connectivity index (χ0v) is 16.4. The number of rotatable bonds is 3. The summed E-state index contributed by atoms with van der Waals surface area (Å²) in [7, 11) is 0. The molecule has 144 valence electrons. The lowest BCUT2D eigenvalue weighted by Crippen LogP contribution is -2.17. The Morgan fingerprint density at radius 1 is 1.36 bits per heavy atom. The van der Waals surface area contributed by atoms with Gasteiger partial charge in [0.15, 0.2) is 0 Å². The van der Waals surface area contributed by atoms with Gasteiger partial charge in [-0.15, -0.1) is 0 Å². The van der Waals surface area contributed by atoms with E-state index < -0.39 is 5.60 Å². The number of anilines is 2. The minimum absolute atomic E-state index is 0.195. The molecule has 28 heavy (non-hydrogen) atoms. The Morgan fingerprint density at radius 3 is 2.82 bits per heavy atom. The third kappa shape index (κ3) is 4.25. The molecule has 1 aromatic carbocycles. The highest BCUT2D eigenvalue weighted by Gasteiger charge is 2.15. The van der Waals surface area contributed by atoms with Crippen LogP contribution in [-0.2, 0) is 0 Å². The lowest BCUT2D eigenvalue weighted by molar-refractivity contribution is 0.143. The second-order valence-corrected chi connectivity index (χ2v) is 7.32. The van der Waals surface area contributed by atoms with Gasteiger partial charge >= 0.3 is 0 Å². The maximum Gasteiger partial charge on any atom is 0.257 e. The number of nitrogen functional groups attached to an aromatic ring is 1. The van der Waals surface area contributed by atoms with E-state index in [0.29, 0.717) is 27.5 Å². The van der Waals surface area contributed by atoms with Crippen molar-refractivity contribution in [1.82, 2.24) is 15.0 Å². The van der Waals surface area contributed by atoms with Gasteiger partial charge in [-0.25, -0.2) is 9.97 Å². The summed E-state index contributed by atoms with van der Waals surface area (Å²) in [6.45, 7) is 5.01. The van der Waals surface area contributed by atoms with Gasteiger partial charge in [-0.1, -0.05) is 35.6 Å². The molecule has 0 amide bonds. The van der Waals surface area contributed by atoms with E-state index in [9.17, 15) is 9.90 Å².